The average Bonchev–Trinajstić information content (AvgIpc) is 2.35. The van der Waals surface area contributed by atoms with Crippen LogP contribution in [0.5, 0.6) is 5.75 Å². The van der Waals surface area contributed by atoms with Gasteiger partial charge in [0.15, 0.2) is 0 Å². The van der Waals surface area contributed by atoms with Crippen molar-refractivity contribution in [3.63, 3.8) is 0 Å². The Morgan fingerprint density at radius 2 is 1.89 bits per heavy atom. The van der Waals surface area contributed by atoms with Gasteiger partial charge in [0.25, 0.3) is 0 Å². The van der Waals surface area contributed by atoms with Gasteiger partial charge < -0.3 is 14.6 Å². The van der Waals surface area contributed by atoms with E-state index in [-0.39, 0.29) is 11.5 Å². The molecular weight excluding hydrogens is 236 g/mol. The Morgan fingerprint density at radius 1 is 1.22 bits per heavy atom. The minimum Gasteiger partial charge on any atom is -0.494 e. The van der Waals surface area contributed by atoms with Crippen LogP contribution in [0.25, 0.3) is 0 Å². The third-order valence-corrected chi connectivity index (χ3v) is 2.20. The Labute approximate surface area is 105 Å². The lowest BCUT2D eigenvalue weighted by atomic mass is 10.2. The normalized spacial score (nSPS) is 9.83. The molecule has 18 heavy (non-hydrogen) atoms. The molecule has 1 aromatic carbocycles. The first kappa shape index (κ1) is 14.0. The van der Waals surface area contributed by atoms with Crippen molar-refractivity contribution in [1.82, 2.24) is 0 Å². The number of carbonyl (C=O) groups excluding carboxylic acids is 1. The number of aromatic carboxylic acids is 1. The average molecular weight is 252 g/mol. The maximum atomic E-state index is 11.0. The van der Waals surface area contributed by atoms with Crippen molar-refractivity contribution in [3.05, 3.63) is 29.8 Å². The Morgan fingerprint density at radius 3 is 2.44 bits per heavy atom. The largest absolute Gasteiger partial charge is 0.494 e. The number of carboxylic acid groups (broad SMARTS) is 1. The molecule has 1 aromatic rings. The second kappa shape index (κ2) is 7.32. The molecule has 0 bridgehead atoms. The van der Waals surface area contributed by atoms with Gasteiger partial charge in [-0.1, -0.05) is 0 Å². The number of ether oxygens (including phenoxy) is 2. The van der Waals surface area contributed by atoms with Gasteiger partial charge in [0.1, 0.15) is 5.75 Å². The smallest absolute Gasteiger partial charge is 0.335 e. The summed E-state index contributed by atoms with van der Waals surface area (Å²) in [6.45, 7) is 2.54. The van der Waals surface area contributed by atoms with Gasteiger partial charge >= 0.3 is 11.9 Å². The van der Waals surface area contributed by atoms with Crippen LogP contribution in [0.15, 0.2) is 24.3 Å². The van der Waals surface area contributed by atoms with E-state index in [1.165, 1.54) is 12.1 Å². The highest BCUT2D eigenvalue weighted by molar-refractivity contribution is 5.87. The monoisotopic (exact) mass is 252 g/mol. The molecule has 0 spiro atoms. The van der Waals surface area contributed by atoms with Gasteiger partial charge in [0.2, 0.25) is 0 Å². The first-order chi connectivity index (χ1) is 8.63. The summed E-state index contributed by atoms with van der Waals surface area (Å²) in [5.74, 6) is -0.616. The van der Waals surface area contributed by atoms with Crippen LogP contribution in [0.1, 0.15) is 30.1 Å². The lowest BCUT2D eigenvalue weighted by molar-refractivity contribution is -0.143. The number of rotatable bonds is 7. The summed E-state index contributed by atoms with van der Waals surface area (Å²) < 4.78 is 10.1. The zero-order valence-corrected chi connectivity index (χ0v) is 10.2. The van der Waals surface area contributed by atoms with Crippen LogP contribution >= 0.6 is 0 Å². The van der Waals surface area contributed by atoms with Crippen LogP contribution < -0.4 is 4.74 Å². The third kappa shape index (κ3) is 4.86. The fourth-order valence-electron chi connectivity index (χ4n) is 1.33. The predicted molar refractivity (Wildman–Crippen MR) is 64.8 cm³/mol. The molecule has 0 fully saturated rings. The molecule has 98 valence electrons. The molecule has 0 aliphatic heterocycles. The van der Waals surface area contributed by atoms with Gasteiger partial charge in [-0.05, 0) is 37.6 Å². The fraction of sp³-hybridized carbons (Fsp3) is 0.385. The van der Waals surface area contributed by atoms with Crippen molar-refractivity contribution < 1.29 is 24.2 Å². The Balaban J connectivity index is 2.27. The maximum Gasteiger partial charge on any atom is 0.335 e. The Kier molecular flexibility index (Phi) is 5.70. The van der Waals surface area contributed by atoms with E-state index in [1.54, 1.807) is 19.1 Å². The summed E-state index contributed by atoms with van der Waals surface area (Å²) in [4.78, 5) is 21.6. The van der Waals surface area contributed by atoms with E-state index < -0.39 is 5.97 Å². The molecule has 0 amide bonds. The van der Waals surface area contributed by atoms with Crippen LogP contribution in [0.4, 0.5) is 0 Å². The highest BCUT2D eigenvalue weighted by Crippen LogP contribution is 2.12. The molecule has 0 heterocycles. The molecule has 0 radical (unpaired) electrons. The minimum atomic E-state index is -0.969. The first-order valence-corrected chi connectivity index (χ1v) is 5.75. The summed E-state index contributed by atoms with van der Waals surface area (Å²) >= 11 is 0. The van der Waals surface area contributed by atoms with E-state index in [1.807, 2.05) is 0 Å². The highest BCUT2D eigenvalue weighted by atomic mass is 16.5. The molecule has 0 unspecified atom stereocenters. The summed E-state index contributed by atoms with van der Waals surface area (Å²) in [5.41, 5.74) is 0.217. The van der Waals surface area contributed by atoms with Crippen LogP contribution in [0.3, 0.4) is 0 Å². The van der Waals surface area contributed by atoms with Crippen molar-refractivity contribution in [3.8, 4) is 5.75 Å². The molecular formula is C13H16O5. The molecule has 5 nitrogen and oxygen atoms in total. The number of hydrogen-bond donors (Lipinski definition) is 1. The lowest BCUT2D eigenvalue weighted by Crippen LogP contribution is -2.06. The van der Waals surface area contributed by atoms with Crippen molar-refractivity contribution >= 4 is 11.9 Å². The third-order valence-electron chi connectivity index (χ3n) is 2.20. The van der Waals surface area contributed by atoms with Crippen molar-refractivity contribution in [2.24, 2.45) is 0 Å². The zero-order valence-electron chi connectivity index (χ0n) is 10.2. The Hall–Kier alpha value is -2.04. The SMILES string of the molecule is CCOC(=O)CCCOc1ccc(C(=O)O)cc1. The Bertz CT molecular complexity index is 396. The second-order valence-corrected chi connectivity index (χ2v) is 3.59. The fourth-order valence-corrected chi connectivity index (χ4v) is 1.33. The predicted octanol–water partition coefficient (Wildman–Crippen LogP) is 2.11. The maximum absolute atomic E-state index is 11.0. The van der Waals surface area contributed by atoms with Gasteiger partial charge in [-0.2, -0.15) is 0 Å². The van der Waals surface area contributed by atoms with Gasteiger partial charge in [-0.15, -0.1) is 0 Å². The van der Waals surface area contributed by atoms with E-state index >= 15 is 0 Å². The number of hydrogen-bond acceptors (Lipinski definition) is 4. The van der Waals surface area contributed by atoms with E-state index in [4.69, 9.17) is 14.6 Å². The topological polar surface area (TPSA) is 72.8 Å². The van der Waals surface area contributed by atoms with E-state index in [0.717, 1.165) is 0 Å². The van der Waals surface area contributed by atoms with Gasteiger partial charge in [-0.3, -0.25) is 4.79 Å². The first-order valence-electron chi connectivity index (χ1n) is 5.75. The molecule has 0 saturated carbocycles. The summed E-state index contributed by atoms with van der Waals surface area (Å²) in [7, 11) is 0. The van der Waals surface area contributed by atoms with Gasteiger partial charge in [0.05, 0.1) is 18.8 Å². The second-order valence-electron chi connectivity index (χ2n) is 3.59. The van der Waals surface area contributed by atoms with Crippen molar-refractivity contribution in [2.75, 3.05) is 13.2 Å². The standard InChI is InChI=1S/C13H16O5/c1-2-17-12(14)4-3-9-18-11-7-5-10(6-8-11)13(15)16/h5-8H,2-4,9H2,1H3,(H,15,16). The van der Waals surface area contributed by atoms with Crippen molar-refractivity contribution in [1.29, 1.82) is 0 Å². The van der Waals surface area contributed by atoms with Gasteiger partial charge in [0, 0.05) is 6.42 Å². The van der Waals surface area contributed by atoms with E-state index in [2.05, 4.69) is 0 Å². The number of carbonyl (C=O) groups is 2. The van der Waals surface area contributed by atoms with Crippen LogP contribution in [-0.2, 0) is 9.53 Å². The summed E-state index contributed by atoms with van der Waals surface area (Å²) in [6, 6.07) is 6.13. The molecule has 0 saturated heterocycles. The van der Waals surface area contributed by atoms with Gasteiger partial charge in [-0.25, -0.2) is 4.79 Å². The van der Waals surface area contributed by atoms with E-state index in [9.17, 15) is 9.59 Å². The molecule has 0 atom stereocenters. The molecule has 0 aliphatic rings. The molecule has 1 rings (SSSR count). The number of carboxylic acids is 1. The van der Waals surface area contributed by atoms with Crippen LogP contribution in [0.2, 0.25) is 0 Å². The lowest BCUT2D eigenvalue weighted by Gasteiger charge is -2.06. The zero-order chi connectivity index (χ0) is 13.4. The van der Waals surface area contributed by atoms with Crippen molar-refractivity contribution in [2.45, 2.75) is 19.8 Å². The summed E-state index contributed by atoms with van der Waals surface area (Å²) in [5, 5.41) is 8.71. The molecule has 0 aliphatic carbocycles. The highest BCUT2D eigenvalue weighted by Gasteiger charge is 2.03. The summed E-state index contributed by atoms with van der Waals surface area (Å²) in [6.07, 6.45) is 0.889. The quantitative estimate of drug-likeness (QED) is 0.594. The molecule has 5 heteroatoms. The number of esters is 1. The minimum absolute atomic E-state index is 0.217. The molecule has 0 aromatic heterocycles. The van der Waals surface area contributed by atoms with E-state index in [0.29, 0.717) is 31.8 Å². The number of benzene rings is 1. The molecule has 1 N–H and O–H groups in total. The van der Waals surface area contributed by atoms with Crippen LogP contribution in [0, 0.1) is 0 Å². The van der Waals surface area contributed by atoms with Crippen LogP contribution in [-0.4, -0.2) is 30.3 Å².